The minimum atomic E-state index is -0.225. The van der Waals surface area contributed by atoms with Gasteiger partial charge in [-0.1, -0.05) is 24.4 Å². The van der Waals surface area contributed by atoms with Gasteiger partial charge in [-0.2, -0.15) is 0 Å². The van der Waals surface area contributed by atoms with Gasteiger partial charge in [0.05, 0.1) is 23.5 Å². The summed E-state index contributed by atoms with van der Waals surface area (Å²) in [5.74, 6) is 0.880. The number of aromatic nitrogens is 2. The van der Waals surface area contributed by atoms with Gasteiger partial charge in [0.25, 0.3) is 0 Å². The smallest absolute Gasteiger partial charge is 0.157 e. The molecule has 1 aliphatic rings. The lowest BCUT2D eigenvalue weighted by atomic mass is 9.78. The highest BCUT2D eigenvalue weighted by atomic mass is 35.5. The summed E-state index contributed by atoms with van der Waals surface area (Å²) in [5, 5.41) is 10.1. The SMILES string of the molecule is CC(C)n1cncc1C1CCCCC1COc1ccc(Cl)c(O)c1C=O. The lowest BCUT2D eigenvalue weighted by Gasteiger charge is -2.32. The van der Waals surface area contributed by atoms with Gasteiger partial charge in [0, 0.05) is 29.8 Å². The normalized spacial score (nSPS) is 20.3. The number of aldehydes is 1. The molecular formula is C20H25ClN2O3. The summed E-state index contributed by atoms with van der Waals surface area (Å²) in [6, 6.07) is 3.55. The second kappa shape index (κ2) is 8.12. The fourth-order valence-electron chi connectivity index (χ4n) is 3.83. The number of rotatable bonds is 6. The summed E-state index contributed by atoms with van der Waals surface area (Å²) >= 11 is 5.88. The average Bonchev–Trinajstić information content (AvgIpc) is 3.13. The molecule has 1 saturated carbocycles. The molecule has 5 nitrogen and oxygen atoms in total. The topological polar surface area (TPSA) is 64.3 Å². The van der Waals surface area contributed by atoms with Crippen LogP contribution in [0.1, 0.15) is 67.5 Å². The highest BCUT2D eigenvalue weighted by Crippen LogP contribution is 2.40. The number of carbonyl (C=O) groups excluding carboxylic acids is 1. The maximum absolute atomic E-state index is 11.3. The molecule has 0 saturated heterocycles. The maximum atomic E-state index is 11.3. The summed E-state index contributed by atoms with van der Waals surface area (Å²) in [4.78, 5) is 15.7. The van der Waals surface area contributed by atoms with Crippen LogP contribution < -0.4 is 4.74 Å². The molecule has 1 N–H and O–H groups in total. The van der Waals surface area contributed by atoms with Crippen molar-refractivity contribution in [1.29, 1.82) is 0 Å². The van der Waals surface area contributed by atoms with Gasteiger partial charge in [0.1, 0.15) is 11.5 Å². The van der Waals surface area contributed by atoms with Crippen LogP contribution in [0, 0.1) is 5.92 Å². The molecule has 1 heterocycles. The molecule has 0 spiro atoms. The number of imidazole rings is 1. The van der Waals surface area contributed by atoms with Gasteiger partial charge in [-0.15, -0.1) is 0 Å². The molecule has 1 aliphatic carbocycles. The molecule has 0 amide bonds. The van der Waals surface area contributed by atoms with E-state index in [1.54, 1.807) is 12.1 Å². The third kappa shape index (κ3) is 3.73. The first-order chi connectivity index (χ1) is 12.5. The number of ether oxygens (including phenoxy) is 1. The van der Waals surface area contributed by atoms with E-state index in [2.05, 4.69) is 23.4 Å². The number of phenolic OH excluding ortho intramolecular Hbond substituents is 1. The van der Waals surface area contributed by atoms with E-state index in [4.69, 9.17) is 16.3 Å². The molecule has 3 rings (SSSR count). The monoisotopic (exact) mass is 376 g/mol. The van der Waals surface area contributed by atoms with Crippen molar-refractivity contribution < 1.29 is 14.6 Å². The molecule has 0 bridgehead atoms. The Hall–Kier alpha value is -2.01. The molecule has 1 aromatic heterocycles. The number of hydrogen-bond acceptors (Lipinski definition) is 4. The van der Waals surface area contributed by atoms with E-state index in [0.717, 1.165) is 12.8 Å². The number of carbonyl (C=O) groups is 1. The fourth-order valence-corrected chi connectivity index (χ4v) is 3.99. The second-order valence-corrected chi connectivity index (χ2v) is 7.61. The van der Waals surface area contributed by atoms with Gasteiger partial charge in [-0.25, -0.2) is 4.98 Å². The van der Waals surface area contributed by atoms with Crippen LogP contribution in [-0.2, 0) is 0 Å². The van der Waals surface area contributed by atoms with E-state index in [0.29, 0.717) is 36.5 Å². The molecule has 1 aromatic carbocycles. The first-order valence-corrected chi connectivity index (χ1v) is 9.51. The van der Waals surface area contributed by atoms with E-state index in [9.17, 15) is 9.90 Å². The molecule has 140 valence electrons. The molecule has 0 aliphatic heterocycles. The highest BCUT2D eigenvalue weighted by molar-refractivity contribution is 6.32. The largest absolute Gasteiger partial charge is 0.505 e. The molecule has 2 aromatic rings. The van der Waals surface area contributed by atoms with Crippen molar-refractivity contribution in [3.05, 3.63) is 40.9 Å². The highest BCUT2D eigenvalue weighted by Gasteiger charge is 2.30. The zero-order valence-electron chi connectivity index (χ0n) is 15.2. The first-order valence-electron chi connectivity index (χ1n) is 9.14. The van der Waals surface area contributed by atoms with E-state index in [-0.39, 0.29) is 16.3 Å². The first kappa shape index (κ1) is 18.8. The zero-order chi connectivity index (χ0) is 18.7. The zero-order valence-corrected chi connectivity index (χ0v) is 15.9. The molecule has 6 heteroatoms. The minimum Gasteiger partial charge on any atom is -0.505 e. The number of aromatic hydroxyl groups is 1. The molecule has 2 atom stereocenters. The predicted octanol–water partition coefficient (Wildman–Crippen LogP) is 4.99. The predicted molar refractivity (Wildman–Crippen MR) is 101 cm³/mol. The van der Waals surface area contributed by atoms with Crippen LogP contribution in [0.25, 0.3) is 0 Å². The van der Waals surface area contributed by atoms with Crippen molar-refractivity contribution in [2.75, 3.05) is 6.61 Å². The molecule has 2 unspecified atom stereocenters. The maximum Gasteiger partial charge on any atom is 0.157 e. The summed E-state index contributed by atoms with van der Waals surface area (Å²) in [6.45, 7) is 4.81. The van der Waals surface area contributed by atoms with Crippen LogP contribution >= 0.6 is 11.6 Å². The van der Waals surface area contributed by atoms with Gasteiger partial charge >= 0.3 is 0 Å². The summed E-state index contributed by atoms with van der Waals surface area (Å²) < 4.78 is 8.18. The van der Waals surface area contributed by atoms with E-state index >= 15 is 0 Å². The standard InChI is InChI=1S/C20H25ClN2O3/c1-13(2)23-12-22-9-18(23)15-6-4-3-5-14(15)11-26-19-8-7-17(21)20(25)16(19)10-24/h7-10,12-15,25H,3-6,11H2,1-2H3. The Morgan fingerprint density at radius 2 is 2.15 bits per heavy atom. The molecule has 0 radical (unpaired) electrons. The number of hydrogen-bond donors (Lipinski definition) is 1. The van der Waals surface area contributed by atoms with E-state index < -0.39 is 0 Å². The van der Waals surface area contributed by atoms with Gasteiger partial charge < -0.3 is 14.4 Å². The van der Waals surface area contributed by atoms with Crippen molar-refractivity contribution in [2.45, 2.75) is 51.5 Å². The van der Waals surface area contributed by atoms with Crippen LogP contribution in [0.3, 0.4) is 0 Å². The van der Waals surface area contributed by atoms with Crippen LogP contribution in [0.15, 0.2) is 24.7 Å². The van der Waals surface area contributed by atoms with Crippen molar-refractivity contribution in [3.8, 4) is 11.5 Å². The molecular weight excluding hydrogens is 352 g/mol. The minimum absolute atomic E-state index is 0.108. The van der Waals surface area contributed by atoms with Crippen LogP contribution in [-0.4, -0.2) is 27.6 Å². The van der Waals surface area contributed by atoms with Crippen molar-refractivity contribution >= 4 is 17.9 Å². The van der Waals surface area contributed by atoms with E-state index in [1.165, 1.54) is 18.5 Å². The number of benzene rings is 1. The Balaban J connectivity index is 1.79. The lowest BCUT2D eigenvalue weighted by Crippen LogP contribution is -2.26. The molecule has 1 fully saturated rings. The van der Waals surface area contributed by atoms with Gasteiger partial charge in [-0.3, -0.25) is 4.79 Å². The van der Waals surface area contributed by atoms with E-state index in [1.807, 2.05) is 12.5 Å². The Morgan fingerprint density at radius 1 is 1.38 bits per heavy atom. The summed E-state index contributed by atoms with van der Waals surface area (Å²) in [7, 11) is 0. The number of halogens is 1. The Labute approximate surface area is 159 Å². The van der Waals surface area contributed by atoms with Crippen LogP contribution in [0.5, 0.6) is 11.5 Å². The number of phenols is 1. The lowest BCUT2D eigenvalue weighted by molar-refractivity contribution is 0.111. The van der Waals surface area contributed by atoms with Crippen molar-refractivity contribution in [2.24, 2.45) is 5.92 Å². The van der Waals surface area contributed by atoms with Gasteiger partial charge in [0.2, 0.25) is 0 Å². The Bertz CT molecular complexity index is 772. The van der Waals surface area contributed by atoms with Gasteiger partial charge in [-0.05, 0) is 38.8 Å². The Kier molecular flexibility index (Phi) is 5.87. The summed E-state index contributed by atoms with van der Waals surface area (Å²) in [6.07, 6.45) is 9.01. The van der Waals surface area contributed by atoms with Crippen LogP contribution in [0.2, 0.25) is 5.02 Å². The third-order valence-electron chi connectivity index (χ3n) is 5.24. The van der Waals surface area contributed by atoms with Crippen molar-refractivity contribution in [1.82, 2.24) is 9.55 Å². The molecule has 26 heavy (non-hydrogen) atoms. The fraction of sp³-hybridized carbons (Fsp3) is 0.500. The van der Waals surface area contributed by atoms with Crippen molar-refractivity contribution in [3.63, 3.8) is 0 Å². The second-order valence-electron chi connectivity index (χ2n) is 7.21. The Morgan fingerprint density at radius 3 is 2.88 bits per heavy atom. The van der Waals surface area contributed by atoms with Gasteiger partial charge in [0.15, 0.2) is 6.29 Å². The third-order valence-corrected chi connectivity index (χ3v) is 5.54. The quantitative estimate of drug-likeness (QED) is 0.721. The number of nitrogens with zero attached hydrogens (tertiary/aromatic N) is 2. The average molecular weight is 377 g/mol. The summed E-state index contributed by atoms with van der Waals surface area (Å²) in [5.41, 5.74) is 1.36. The van der Waals surface area contributed by atoms with Crippen LogP contribution in [0.4, 0.5) is 0 Å².